The summed E-state index contributed by atoms with van der Waals surface area (Å²) >= 11 is 0. The van der Waals surface area contributed by atoms with Gasteiger partial charge < -0.3 is 9.84 Å². The zero-order valence-corrected chi connectivity index (χ0v) is 10.7. The number of likely N-dealkylation sites (N-methyl/N-ethyl adjacent to an activating group) is 1. The van der Waals surface area contributed by atoms with Gasteiger partial charge in [0.1, 0.15) is 11.3 Å². The summed E-state index contributed by atoms with van der Waals surface area (Å²) in [5.41, 5.74) is -0.218. The summed E-state index contributed by atoms with van der Waals surface area (Å²) in [7, 11) is 5.15. The molecule has 0 saturated carbocycles. The molecule has 94 valence electrons. The number of methoxy groups -OCH3 is 1. The smallest absolute Gasteiger partial charge is 0.328 e. The van der Waals surface area contributed by atoms with Crippen molar-refractivity contribution in [3.05, 3.63) is 29.8 Å². The lowest BCUT2D eigenvalue weighted by Crippen LogP contribution is -2.47. The van der Waals surface area contributed by atoms with E-state index in [0.29, 0.717) is 6.42 Å². The average molecular weight is 237 g/mol. The second kappa shape index (κ2) is 5.19. The molecule has 0 spiro atoms. The van der Waals surface area contributed by atoms with Crippen LogP contribution in [0.3, 0.4) is 0 Å². The number of hydrogen-bond acceptors (Lipinski definition) is 3. The Hall–Kier alpha value is -1.55. The minimum atomic E-state index is -0.980. The van der Waals surface area contributed by atoms with Crippen molar-refractivity contribution in [2.24, 2.45) is 0 Å². The summed E-state index contributed by atoms with van der Waals surface area (Å²) in [6, 6.07) is 7.17. The normalized spacial score (nSPS) is 14.4. The SMILES string of the molecule is CCC(C(=O)O)(c1ccc(OC)cc1)N(C)C. The maximum absolute atomic E-state index is 11.6. The Bertz CT molecular complexity index is 386. The summed E-state index contributed by atoms with van der Waals surface area (Å²) in [6.07, 6.45) is 0.502. The lowest BCUT2D eigenvalue weighted by molar-refractivity contribution is -0.151. The van der Waals surface area contributed by atoms with E-state index in [0.717, 1.165) is 11.3 Å². The van der Waals surface area contributed by atoms with Gasteiger partial charge in [-0.15, -0.1) is 0 Å². The number of hydrogen-bond donors (Lipinski definition) is 1. The monoisotopic (exact) mass is 237 g/mol. The molecular formula is C13H19NO3. The van der Waals surface area contributed by atoms with Crippen LogP contribution in [0.5, 0.6) is 5.75 Å². The van der Waals surface area contributed by atoms with E-state index in [1.54, 1.807) is 50.4 Å². The molecule has 1 aromatic carbocycles. The molecule has 0 aromatic heterocycles. The van der Waals surface area contributed by atoms with E-state index in [1.165, 1.54) is 0 Å². The number of aliphatic carboxylic acids is 1. The molecule has 0 saturated heterocycles. The van der Waals surface area contributed by atoms with Crippen LogP contribution in [0, 0.1) is 0 Å². The highest BCUT2D eigenvalue weighted by Gasteiger charge is 2.40. The van der Waals surface area contributed by atoms with Crippen LogP contribution in [0.1, 0.15) is 18.9 Å². The van der Waals surface area contributed by atoms with Gasteiger partial charge in [-0.2, -0.15) is 0 Å². The molecule has 0 aliphatic rings. The van der Waals surface area contributed by atoms with Crippen LogP contribution in [0.2, 0.25) is 0 Å². The van der Waals surface area contributed by atoms with Crippen molar-refractivity contribution < 1.29 is 14.6 Å². The Kier molecular flexibility index (Phi) is 4.12. The molecule has 17 heavy (non-hydrogen) atoms. The molecule has 1 N–H and O–H groups in total. The number of nitrogens with zero attached hydrogens (tertiary/aromatic N) is 1. The summed E-state index contributed by atoms with van der Waals surface area (Å²) < 4.78 is 5.08. The fourth-order valence-corrected chi connectivity index (χ4v) is 2.11. The van der Waals surface area contributed by atoms with Crippen molar-refractivity contribution in [3.8, 4) is 5.75 Å². The highest BCUT2D eigenvalue weighted by Crippen LogP contribution is 2.31. The Morgan fingerprint density at radius 3 is 2.18 bits per heavy atom. The van der Waals surface area contributed by atoms with E-state index in [9.17, 15) is 9.90 Å². The van der Waals surface area contributed by atoms with Crippen LogP contribution in [0.4, 0.5) is 0 Å². The summed E-state index contributed by atoms with van der Waals surface area (Å²) in [5.74, 6) is -0.113. The summed E-state index contributed by atoms with van der Waals surface area (Å²) in [4.78, 5) is 13.3. The number of rotatable bonds is 5. The average Bonchev–Trinajstić information content (AvgIpc) is 2.30. The second-order valence-electron chi connectivity index (χ2n) is 4.14. The van der Waals surface area contributed by atoms with Gasteiger partial charge in [0, 0.05) is 0 Å². The Morgan fingerprint density at radius 2 is 1.88 bits per heavy atom. The standard InChI is InChI=1S/C13H19NO3/c1-5-13(12(15)16,14(2)3)10-6-8-11(17-4)9-7-10/h6-9H,5H2,1-4H3,(H,15,16). The Labute approximate surface area is 102 Å². The van der Waals surface area contributed by atoms with Crippen molar-refractivity contribution in [2.45, 2.75) is 18.9 Å². The fourth-order valence-electron chi connectivity index (χ4n) is 2.11. The van der Waals surface area contributed by atoms with Crippen LogP contribution in [-0.2, 0) is 10.3 Å². The zero-order chi connectivity index (χ0) is 13.1. The lowest BCUT2D eigenvalue weighted by atomic mass is 9.86. The molecule has 1 atom stereocenters. The molecule has 0 bridgehead atoms. The largest absolute Gasteiger partial charge is 0.497 e. The van der Waals surface area contributed by atoms with Crippen LogP contribution in [0.25, 0.3) is 0 Å². The molecule has 0 aliphatic carbocycles. The number of carboxylic acids is 1. The minimum Gasteiger partial charge on any atom is -0.497 e. The number of carbonyl (C=O) groups is 1. The maximum Gasteiger partial charge on any atom is 0.328 e. The van der Waals surface area contributed by atoms with E-state index in [2.05, 4.69) is 0 Å². The zero-order valence-electron chi connectivity index (χ0n) is 10.7. The fraction of sp³-hybridized carbons (Fsp3) is 0.462. The van der Waals surface area contributed by atoms with Crippen molar-refractivity contribution in [2.75, 3.05) is 21.2 Å². The molecule has 1 unspecified atom stereocenters. The highest BCUT2D eigenvalue weighted by molar-refractivity contribution is 5.80. The van der Waals surface area contributed by atoms with E-state index in [4.69, 9.17) is 4.74 Å². The predicted octanol–water partition coefficient (Wildman–Crippen LogP) is 1.95. The van der Waals surface area contributed by atoms with Gasteiger partial charge in [-0.3, -0.25) is 4.90 Å². The van der Waals surface area contributed by atoms with Crippen LogP contribution >= 0.6 is 0 Å². The van der Waals surface area contributed by atoms with Crippen LogP contribution < -0.4 is 4.74 Å². The molecule has 0 aliphatic heterocycles. The lowest BCUT2D eigenvalue weighted by Gasteiger charge is -2.35. The van der Waals surface area contributed by atoms with Gasteiger partial charge in [0.05, 0.1) is 7.11 Å². The second-order valence-corrected chi connectivity index (χ2v) is 4.14. The highest BCUT2D eigenvalue weighted by atomic mass is 16.5. The van der Waals surface area contributed by atoms with Gasteiger partial charge in [-0.25, -0.2) is 4.79 Å². The molecule has 4 nitrogen and oxygen atoms in total. The first-order valence-electron chi connectivity index (χ1n) is 5.54. The molecule has 1 rings (SSSR count). The van der Waals surface area contributed by atoms with E-state index < -0.39 is 11.5 Å². The molecule has 4 heteroatoms. The van der Waals surface area contributed by atoms with E-state index in [-0.39, 0.29) is 0 Å². The molecular weight excluding hydrogens is 218 g/mol. The first-order valence-corrected chi connectivity index (χ1v) is 5.54. The van der Waals surface area contributed by atoms with Gasteiger partial charge in [-0.05, 0) is 38.2 Å². The van der Waals surface area contributed by atoms with Crippen LogP contribution in [0.15, 0.2) is 24.3 Å². The topological polar surface area (TPSA) is 49.8 Å². The van der Waals surface area contributed by atoms with E-state index >= 15 is 0 Å². The third kappa shape index (κ3) is 2.26. The molecule has 0 heterocycles. The van der Waals surface area contributed by atoms with Crippen molar-refractivity contribution in [3.63, 3.8) is 0 Å². The van der Waals surface area contributed by atoms with Gasteiger partial charge in [0.15, 0.2) is 0 Å². The third-order valence-corrected chi connectivity index (χ3v) is 3.20. The summed E-state index contributed by atoms with van der Waals surface area (Å²) in [6.45, 7) is 1.87. The Balaban J connectivity index is 3.26. The molecule has 0 fully saturated rings. The number of carboxylic acid groups (broad SMARTS) is 1. The molecule has 0 radical (unpaired) electrons. The summed E-state index contributed by atoms with van der Waals surface area (Å²) in [5, 5.41) is 9.50. The van der Waals surface area contributed by atoms with E-state index in [1.807, 2.05) is 6.92 Å². The van der Waals surface area contributed by atoms with Crippen molar-refractivity contribution >= 4 is 5.97 Å². The van der Waals surface area contributed by atoms with Crippen molar-refractivity contribution in [1.29, 1.82) is 0 Å². The van der Waals surface area contributed by atoms with Gasteiger partial charge in [0.2, 0.25) is 0 Å². The van der Waals surface area contributed by atoms with Gasteiger partial charge in [0.25, 0.3) is 0 Å². The third-order valence-electron chi connectivity index (χ3n) is 3.20. The number of ether oxygens (including phenoxy) is 1. The first-order chi connectivity index (χ1) is 7.98. The molecule has 1 aromatic rings. The maximum atomic E-state index is 11.6. The predicted molar refractivity (Wildman–Crippen MR) is 66.3 cm³/mol. The first kappa shape index (κ1) is 13.5. The molecule has 0 amide bonds. The number of benzene rings is 1. The Morgan fingerprint density at radius 1 is 1.35 bits per heavy atom. The van der Waals surface area contributed by atoms with Gasteiger partial charge in [-0.1, -0.05) is 19.1 Å². The van der Waals surface area contributed by atoms with Gasteiger partial charge >= 0.3 is 5.97 Å². The van der Waals surface area contributed by atoms with Crippen LogP contribution in [-0.4, -0.2) is 37.2 Å². The quantitative estimate of drug-likeness (QED) is 0.850. The van der Waals surface area contributed by atoms with Crippen molar-refractivity contribution in [1.82, 2.24) is 4.90 Å². The minimum absolute atomic E-state index is 0.502.